The normalized spacial score (nSPS) is 14.2. The van der Waals surface area contributed by atoms with Gasteiger partial charge in [0, 0.05) is 53.4 Å². The standard InChI is InChI=1S/C26H24FN5O/c1-3-28-24-13-22-19(15-31-24)10-18(14-30-22)21-12-20(5-4-16(21)2)32-25(33)17-6-9-29-23(11-17)26(27)7-8-26/h4-6,9-15H,3,7-8H2,1-2H3,(H,28,31)(H,32,33). The summed E-state index contributed by atoms with van der Waals surface area (Å²) in [7, 11) is 0. The molecular formula is C26H24FN5O. The Bertz CT molecular complexity index is 1370. The van der Waals surface area contributed by atoms with E-state index < -0.39 is 5.67 Å². The van der Waals surface area contributed by atoms with Crippen LogP contribution in [0.15, 0.2) is 61.1 Å². The Balaban J connectivity index is 1.41. The van der Waals surface area contributed by atoms with Gasteiger partial charge in [0.15, 0.2) is 5.67 Å². The molecule has 0 unspecified atom stereocenters. The first kappa shape index (κ1) is 21.0. The Kier molecular flexibility index (Phi) is 5.24. The van der Waals surface area contributed by atoms with Crippen LogP contribution >= 0.6 is 0 Å². The Morgan fingerprint density at radius 2 is 1.91 bits per heavy atom. The second kappa shape index (κ2) is 8.24. The van der Waals surface area contributed by atoms with Crippen LogP contribution in [-0.2, 0) is 5.67 Å². The molecule has 1 amide bonds. The molecule has 0 aliphatic heterocycles. The highest BCUT2D eigenvalue weighted by Gasteiger charge is 2.46. The number of nitrogens with zero attached hydrogens (tertiary/aromatic N) is 3. The summed E-state index contributed by atoms with van der Waals surface area (Å²) in [6.07, 6.45) is 6.04. The monoisotopic (exact) mass is 441 g/mol. The molecule has 1 aliphatic rings. The van der Waals surface area contributed by atoms with Gasteiger partial charge in [-0.1, -0.05) is 6.07 Å². The third-order valence-corrected chi connectivity index (χ3v) is 5.90. The number of benzene rings is 1. The number of fused-ring (bicyclic) bond motifs is 1. The molecule has 0 radical (unpaired) electrons. The molecule has 1 fully saturated rings. The minimum absolute atomic E-state index is 0.297. The number of alkyl halides is 1. The maximum Gasteiger partial charge on any atom is 0.255 e. The molecule has 1 saturated carbocycles. The average Bonchev–Trinajstić information content (AvgIpc) is 3.59. The fraction of sp³-hybridized carbons (Fsp3) is 0.231. The molecule has 5 rings (SSSR count). The molecule has 2 N–H and O–H groups in total. The van der Waals surface area contributed by atoms with E-state index in [2.05, 4.69) is 25.6 Å². The third kappa shape index (κ3) is 4.26. The number of rotatable bonds is 6. The zero-order chi connectivity index (χ0) is 23.0. The second-order valence-electron chi connectivity index (χ2n) is 8.40. The van der Waals surface area contributed by atoms with Crippen LogP contribution in [0.2, 0.25) is 0 Å². The molecule has 3 aromatic heterocycles. The third-order valence-electron chi connectivity index (χ3n) is 5.90. The minimum Gasteiger partial charge on any atom is -0.370 e. The number of carbonyl (C=O) groups excluding carboxylic acids is 1. The lowest BCUT2D eigenvalue weighted by Gasteiger charge is -2.12. The summed E-state index contributed by atoms with van der Waals surface area (Å²) in [4.78, 5) is 26.0. The van der Waals surface area contributed by atoms with Crippen molar-refractivity contribution >= 4 is 28.3 Å². The quantitative estimate of drug-likeness (QED) is 0.405. The highest BCUT2D eigenvalue weighted by molar-refractivity contribution is 6.04. The first-order chi connectivity index (χ1) is 15.9. The van der Waals surface area contributed by atoms with Gasteiger partial charge in [0.2, 0.25) is 0 Å². The van der Waals surface area contributed by atoms with Gasteiger partial charge in [0.1, 0.15) is 5.82 Å². The van der Waals surface area contributed by atoms with Gasteiger partial charge in [0.05, 0.1) is 11.2 Å². The van der Waals surface area contributed by atoms with Gasteiger partial charge >= 0.3 is 0 Å². The highest BCUT2D eigenvalue weighted by atomic mass is 19.1. The van der Waals surface area contributed by atoms with E-state index in [1.165, 1.54) is 6.20 Å². The van der Waals surface area contributed by atoms with Crippen molar-refractivity contribution in [3.63, 3.8) is 0 Å². The highest BCUT2D eigenvalue weighted by Crippen LogP contribution is 2.48. The largest absolute Gasteiger partial charge is 0.370 e. The topological polar surface area (TPSA) is 79.8 Å². The molecule has 33 heavy (non-hydrogen) atoms. The number of amides is 1. The molecule has 1 aliphatic carbocycles. The van der Waals surface area contributed by atoms with Crippen molar-refractivity contribution in [1.82, 2.24) is 15.0 Å². The lowest BCUT2D eigenvalue weighted by molar-refractivity contribution is 0.102. The van der Waals surface area contributed by atoms with Gasteiger partial charge in [-0.2, -0.15) is 0 Å². The van der Waals surface area contributed by atoms with Gasteiger partial charge in [0.25, 0.3) is 5.91 Å². The first-order valence-electron chi connectivity index (χ1n) is 11.0. The number of pyridine rings is 3. The van der Waals surface area contributed by atoms with E-state index in [1.54, 1.807) is 12.1 Å². The van der Waals surface area contributed by atoms with Crippen molar-refractivity contribution in [1.29, 1.82) is 0 Å². The number of hydrogen-bond acceptors (Lipinski definition) is 5. The van der Waals surface area contributed by atoms with Crippen molar-refractivity contribution in [3.05, 3.63) is 77.9 Å². The van der Waals surface area contributed by atoms with Crippen molar-refractivity contribution in [3.8, 4) is 11.1 Å². The molecule has 6 nitrogen and oxygen atoms in total. The van der Waals surface area contributed by atoms with Gasteiger partial charge in [-0.05, 0) is 68.1 Å². The van der Waals surface area contributed by atoms with Crippen LogP contribution in [0.5, 0.6) is 0 Å². The summed E-state index contributed by atoms with van der Waals surface area (Å²) in [6.45, 7) is 4.84. The van der Waals surface area contributed by atoms with Crippen molar-refractivity contribution in [2.24, 2.45) is 0 Å². The average molecular weight is 442 g/mol. The van der Waals surface area contributed by atoms with Crippen molar-refractivity contribution < 1.29 is 9.18 Å². The van der Waals surface area contributed by atoms with Gasteiger partial charge < -0.3 is 10.6 Å². The number of aromatic nitrogens is 3. The molecule has 0 spiro atoms. The smallest absolute Gasteiger partial charge is 0.255 e. The lowest BCUT2D eigenvalue weighted by Crippen LogP contribution is -2.13. The number of halogens is 1. The van der Waals surface area contributed by atoms with Crippen LogP contribution in [-0.4, -0.2) is 27.4 Å². The summed E-state index contributed by atoms with van der Waals surface area (Å²) in [5.41, 5.74) is 3.82. The van der Waals surface area contributed by atoms with Crippen molar-refractivity contribution in [2.75, 3.05) is 17.2 Å². The number of anilines is 2. The van der Waals surface area contributed by atoms with E-state index in [1.807, 2.05) is 56.6 Å². The summed E-state index contributed by atoms with van der Waals surface area (Å²) in [5.74, 6) is 0.500. The van der Waals surface area contributed by atoms with E-state index >= 15 is 0 Å². The predicted molar refractivity (Wildman–Crippen MR) is 128 cm³/mol. The summed E-state index contributed by atoms with van der Waals surface area (Å²) < 4.78 is 14.4. The fourth-order valence-corrected chi connectivity index (χ4v) is 3.84. The molecule has 4 aromatic rings. The van der Waals surface area contributed by atoms with Gasteiger partial charge in [-0.15, -0.1) is 0 Å². The molecule has 0 saturated heterocycles. The SMILES string of the molecule is CCNc1cc2ncc(-c3cc(NC(=O)c4ccnc(C5(F)CC5)c4)ccc3C)cc2cn1. The fourth-order valence-electron chi connectivity index (χ4n) is 3.84. The molecular weight excluding hydrogens is 417 g/mol. The number of carbonyl (C=O) groups is 1. The Labute approximate surface area is 191 Å². The zero-order valence-electron chi connectivity index (χ0n) is 18.5. The van der Waals surface area contributed by atoms with E-state index in [4.69, 9.17) is 0 Å². The van der Waals surface area contributed by atoms with Crippen LogP contribution in [0, 0.1) is 6.92 Å². The van der Waals surface area contributed by atoms with Crippen LogP contribution in [0.3, 0.4) is 0 Å². The minimum atomic E-state index is -1.38. The predicted octanol–water partition coefficient (Wildman–Crippen LogP) is 5.64. The number of hydrogen-bond donors (Lipinski definition) is 2. The van der Waals surface area contributed by atoms with Crippen LogP contribution in [0.25, 0.3) is 22.0 Å². The maximum absolute atomic E-state index is 14.4. The molecule has 0 atom stereocenters. The lowest BCUT2D eigenvalue weighted by atomic mass is 10.00. The number of nitrogens with one attached hydrogen (secondary N) is 2. The van der Waals surface area contributed by atoms with Crippen LogP contribution < -0.4 is 10.6 Å². The van der Waals surface area contributed by atoms with E-state index in [0.29, 0.717) is 29.8 Å². The first-order valence-corrected chi connectivity index (χ1v) is 11.0. The molecule has 7 heteroatoms. The molecule has 0 bridgehead atoms. The summed E-state index contributed by atoms with van der Waals surface area (Å²) in [5, 5.41) is 7.05. The van der Waals surface area contributed by atoms with Crippen molar-refractivity contribution in [2.45, 2.75) is 32.4 Å². The van der Waals surface area contributed by atoms with Crippen LogP contribution in [0.1, 0.15) is 41.4 Å². The van der Waals surface area contributed by atoms with Gasteiger partial charge in [-0.25, -0.2) is 9.37 Å². The zero-order valence-corrected chi connectivity index (χ0v) is 18.5. The summed E-state index contributed by atoms with van der Waals surface area (Å²) in [6, 6.07) is 12.9. The Hall–Kier alpha value is -3.87. The van der Waals surface area contributed by atoms with Crippen LogP contribution in [0.4, 0.5) is 15.9 Å². The second-order valence-corrected chi connectivity index (χ2v) is 8.40. The number of aryl methyl sites for hydroxylation is 1. The maximum atomic E-state index is 14.4. The van der Waals surface area contributed by atoms with Gasteiger partial charge in [-0.3, -0.25) is 14.8 Å². The summed E-state index contributed by atoms with van der Waals surface area (Å²) >= 11 is 0. The Morgan fingerprint density at radius 3 is 2.70 bits per heavy atom. The van der Waals surface area contributed by atoms with E-state index in [0.717, 1.165) is 40.0 Å². The van der Waals surface area contributed by atoms with E-state index in [9.17, 15) is 9.18 Å². The Morgan fingerprint density at radius 1 is 1.06 bits per heavy atom. The molecule has 3 heterocycles. The molecule has 166 valence electrons. The molecule has 1 aromatic carbocycles. The van der Waals surface area contributed by atoms with E-state index in [-0.39, 0.29) is 5.91 Å².